The van der Waals surface area contributed by atoms with Crippen LogP contribution in [0, 0.1) is 0 Å². The molecule has 0 radical (unpaired) electrons. The Morgan fingerprint density at radius 2 is 2.38 bits per heavy atom. The van der Waals surface area contributed by atoms with Crippen molar-refractivity contribution in [1.82, 2.24) is 15.3 Å². The highest BCUT2D eigenvalue weighted by molar-refractivity contribution is 7.22. The summed E-state index contributed by atoms with van der Waals surface area (Å²) in [6, 6.07) is 0. The van der Waals surface area contributed by atoms with Crippen molar-refractivity contribution in [2.45, 2.75) is 0 Å². The van der Waals surface area contributed by atoms with Crippen LogP contribution in [0.25, 0.3) is 0 Å². The van der Waals surface area contributed by atoms with E-state index in [-0.39, 0.29) is 0 Å². The quantitative estimate of drug-likeness (QED) is 0.555. The van der Waals surface area contributed by atoms with E-state index in [2.05, 4.69) is 24.1 Å². The van der Waals surface area contributed by atoms with E-state index < -0.39 is 0 Å². The van der Waals surface area contributed by atoms with Crippen LogP contribution >= 0.6 is 8.86 Å². The summed E-state index contributed by atoms with van der Waals surface area (Å²) in [5.74, 6) is 0.923. The Kier molecular flexibility index (Phi) is 2.12. The van der Waals surface area contributed by atoms with Crippen LogP contribution in [0.4, 0.5) is 5.82 Å². The van der Waals surface area contributed by atoms with Crippen molar-refractivity contribution in [3.8, 4) is 5.88 Å². The fraction of sp³-hybridized carbons (Fsp3) is 0.286. The molecule has 1 aromatic rings. The largest absolute Gasteiger partial charge is 0.476 e. The zero-order valence-electron chi connectivity index (χ0n) is 6.87. The lowest BCUT2D eigenvalue weighted by atomic mass is 10.3. The Morgan fingerprint density at radius 1 is 1.54 bits per heavy atom. The summed E-state index contributed by atoms with van der Waals surface area (Å²) in [4.78, 5) is 7.86. The summed E-state index contributed by atoms with van der Waals surface area (Å²) in [6.07, 6.45) is 1.39. The van der Waals surface area contributed by atoms with E-state index in [4.69, 9.17) is 10.5 Å². The van der Waals surface area contributed by atoms with E-state index in [1.165, 1.54) is 6.33 Å². The van der Waals surface area contributed by atoms with E-state index >= 15 is 0 Å². The molecule has 2 rings (SSSR count). The van der Waals surface area contributed by atoms with E-state index in [1.54, 1.807) is 0 Å². The average molecular weight is 196 g/mol. The number of fused-ring (bicyclic) bond motifs is 1. The SMILES string of the molecule is Nc1ncnc2c1C(=P)NCCO2. The van der Waals surface area contributed by atoms with E-state index in [9.17, 15) is 0 Å². The summed E-state index contributed by atoms with van der Waals surface area (Å²) in [7, 11) is 3.41. The molecular formula is C7H9N4OP. The summed E-state index contributed by atoms with van der Waals surface area (Å²) in [6.45, 7) is 1.28. The molecule has 0 spiro atoms. The van der Waals surface area contributed by atoms with Gasteiger partial charge in [-0.05, 0) is 0 Å². The summed E-state index contributed by atoms with van der Waals surface area (Å²) in [5, 5.41) is 3.09. The lowest BCUT2D eigenvalue weighted by molar-refractivity contribution is 0.314. The molecule has 5 nitrogen and oxygen atoms in total. The fourth-order valence-corrected chi connectivity index (χ4v) is 1.50. The Labute approximate surface area is 77.6 Å². The third kappa shape index (κ3) is 1.48. The first-order chi connectivity index (χ1) is 6.29. The second kappa shape index (κ2) is 3.28. The van der Waals surface area contributed by atoms with Crippen molar-refractivity contribution in [3.05, 3.63) is 11.9 Å². The molecule has 3 N–H and O–H groups in total. The molecule has 0 saturated carbocycles. The molecule has 0 unspecified atom stereocenters. The number of nitrogen functional groups attached to an aromatic ring is 1. The van der Waals surface area contributed by atoms with Gasteiger partial charge in [0.1, 0.15) is 24.3 Å². The maximum atomic E-state index is 5.68. The van der Waals surface area contributed by atoms with Gasteiger partial charge >= 0.3 is 0 Å². The van der Waals surface area contributed by atoms with Crippen LogP contribution in [-0.2, 0) is 0 Å². The third-order valence-corrected chi connectivity index (χ3v) is 2.16. The van der Waals surface area contributed by atoms with Crippen LogP contribution < -0.4 is 15.8 Å². The minimum Gasteiger partial charge on any atom is -0.476 e. The molecule has 0 aliphatic carbocycles. The number of anilines is 1. The molecule has 1 aliphatic heterocycles. The number of hydrogen-bond donors (Lipinski definition) is 2. The highest BCUT2D eigenvalue weighted by atomic mass is 31.0. The smallest absolute Gasteiger partial charge is 0.228 e. The molecule has 68 valence electrons. The van der Waals surface area contributed by atoms with Gasteiger partial charge in [-0.15, -0.1) is 8.86 Å². The Morgan fingerprint density at radius 3 is 3.23 bits per heavy atom. The van der Waals surface area contributed by atoms with Crippen molar-refractivity contribution in [2.75, 3.05) is 18.9 Å². The molecule has 13 heavy (non-hydrogen) atoms. The topological polar surface area (TPSA) is 73.1 Å². The molecule has 0 aromatic carbocycles. The molecule has 0 amide bonds. The normalized spacial score (nSPS) is 15.8. The van der Waals surface area contributed by atoms with Crippen molar-refractivity contribution >= 4 is 20.1 Å². The van der Waals surface area contributed by atoms with Crippen molar-refractivity contribution in [1.29, 1.82) is 0 Å². The van der Waals surface area contributed by atoms with Crippen LogP contribution in [0.15, 0.2) is 6.33 Å². The first kappa shape index (κ1) is 8.41. The monoisotopic (exact) mass is 196 g/mol. The molecular weight excluding hydrogens is 187 g/mol. The van der Waals surface area contributed by atoms with Crippen molar-refractivity contribution in [3.63, 3.8) is 0 Å². The second-order valence-electron chi connectivity index (χ2n) is 2.59. The molecule has 0 atom stereocenters. The predicted molar refractivity (Wildman–Crippen MR) is 52.4 cm³/mol. The van der Waals surface area contributed by atoms with Crippen LogP contribution in [0.3, 0.4) is 0 Å². The van der Waals surface area contributed by atoms with Gasteiger partial charge in [-0.1, -0.05) is 0 Å². The van der Waals surface area contributed by atoms with Gasteiger partial charge in [0.25, 0.3) is 0 Å². The Bertz CT molecular complexity index is 354. The van der Waals surface area contributed by atoms with Gasteiger partial charge < -0.3 is 10.5 Å². The highest BCUT2D eigenvalue weighted by Crippen LogP contribution is 2.21. The summed E-state index contributed by atoms with van der Waals surface area (Å²) in [5.41, 5.74) is 7.14. The van der Waals surface area contributed by atoms with Gasteiger partial charge in [0.2, 0.25) is 5.88 Å². The maximum Gasteiger partial charge on any atom is 0.228 e. The molecule has 1 aliphatic rings. The van der Waals surface area contributed by atoms with E-state index in [0.717, 1.165) is 5.42 Å². The first-order valence-electron chi connectivity index (χ1n) is 3.85. The Balaban J connectivity index is 2.55. The first-order valence-corrected chi connectivity index (χ1v) is 4.35. The number of ether oxygens (including phenoxy) is 1. The lowest BCUT2D eigenvalue weighted by Crippen LogP contribution is -2.24. The average Bonchev–Trinajstić information content (AvgIpc) is 2.29. The van der Waals surface area contributed by atoms with Gasteiger partial charge in [0, 0.05) is 6.54 Å². The summed E-state index contributed by atoms with van der Waals surface area (Å²) >= 11 is 0. The van der Waals surface area contributed by atoms with Gasteiger partial charge in [-0.2, -0.15) is 0 Å². The van der Waals surface area contributed by atoms with E-state index in [0.29, 0.717) is 30.4 Å². The summed E-state index contributed by atoms with van der Waals surface area (Å²) < 4.78 is 5.35. The zero-order valence-corrected chi connectivity index (χ0v) is 7.87. The molecule has 6 heteroatoms. The molecule has 0 fully saturated rings. The van der Waals surface area contributed by atoms with Gasteiger partial charge in [0.15, 0.2) is 0 Å². The second-order valence-corrected chi connectivity index (χ2v) is 3.09. The predicted octanol–water partition coefficient (Wildman–Crippen LogP) is -0.338. The molecule has 0 saturated heterocycles. The number of hydrogen-bond acceptors (Lipinski definition) is 4. The van der Waals surface area contributed by atoms with Crippen LogP contribution in [0.1, 0.15) is 5.56 Å². The standard InChI is InChI=1S/C7H9N4OP/c8-5-4-6(11-3-10-5)12-2-1-9-7(4)13/h3,9,13H,1-2H2,(H2,8,10,11). The maximum absolute atomic E-state index is 5.68. The van der Waals surface area contributed by atoms with Crippen molar-refractivity contribution in [2.24, 2.45) is 0 Å². The van der Waals surface area contributed by atoms with Crippen LogP contribution in [0.5, 0.6) is 5.88 Å². The number of nitrogens with one attached hydrogen (secondary N) is 1. The minimum absolute atomic E-state index is 0.407. The van der Waals surface area contributed by atoms with Gasteiger partial charge in [0.05, 0.1) is 5.42 Å². The molecule has 2 heterocycles. The third-order valence-electron chi connectivity index (χ3n) is 1.73. The molecule has 1 aromatic heterocycles. The highest BCUT2D eigenvalue weighted by Gasteiger charge is 2.16. The number of nitrogens with zero attached hydrogens (tertiary/aromatic N) is 2. The van der Waals surface area contributed by atoms with Crippen LogP contribution in [0.2, 0.25) is 0 Å². The minimum atomic E-state index is 0.407. The number of rotatable bonds is 0. The fourth-order valence-electron chi connectivity index (χ4n) is 1.14. The number of aromatic nitrogens is 2. The Hall–Kier alpha value is -1.19. The van der Waals surface area contributed by atoms with Crippen molar-refractivity contribution < 1.29 is 4.74 Å². The van der Waals surface area contributed by atoms with E-state index in [1.807, 2.05) is 0 Å². The molecule has 0 bridgehead atoms. The van der Waals surface area contributed by atoms with Gasteiger partial charge in [-0.3, -0.25) is 5.32 Å². The zero-order chi connectivity index (χ0) is 9.26. The number of nitrogens with two attached hydrogens (primary N) is 1. The lowest BCUT2D eigenvalue weighted by Gasteiger charge is -2.06. The van der Waals surface area contributed by atoms with Crippen LogP contribution in [-0.4, -0.2) is 28.5 Å². The van der Waals surface area contributed by atoms with Gasteiger partial charge in [-0.25, -0.2) is 9.97 Å².